The number of anilines is 1. The number of amides is 2. The predicted molar refractivity (Wildman–Crippen MR) is 121 cm³/mol. The highest BCUT2D eigenvalue weighted by atomic mass is 32.2. The van der Waals surface area contributed by atoms with Crippen molar-refractivity contribution in [2.24, 2.45) is 0 Å². The lowest BCUT2D eigenvalue weighted by Gasteiger charge is -2.37. The summed E-state index contributed by atoms with van der Waals surface area (Å²) in [5, 5.41) is 6.75. The molecule has 0 radical (unpaired) electrons. The molecule has 1 heterocycles. The average molecular weight is 427 g/mol. The van der Waals surface area contributed by atoms with E-state index in [1.807, 2.05) is 52.0 Å². The van der Waals surface area contributed by atoms with Crippen molar-refractivity contribution >= 4 is 29.3 Å². The molecule has 1 aromatic carbocycles. The van der Waals surface area contributed by atoms with Gasteiger partial charge in [-0.25, -0.2) is 9.97 Å². The highest BCUT2D eigenvalue weighted by Gasteiger charge is 2.41. The molecule has 2 N–H and O–H groups in total. The lowest BCUT2D eigenvalue weighted by Crippen LogP contribution is -2.58. The van der Waals surface area contributed by atoms with E-state index in [1.165, 1.54) is 11.8 Å². The fourth-order valence-electron chi connectivity index (χ4n) is 4.00. The summed E-state index contributed by atoms with van der Waals surface area (Å²) in [5.41, 5.74) is 3.75. The van der Waals surface area contributed by atoms with Crippen molar-refractivity contribution in [1.29, 1.82) is 0 Å². The maximum Gasteiger partial charge on any atom is 0.250 e. The number of carbonyl (C=O) groups excluding carboxylic acids is 2. The van der Waals surface area contributed by atoms with E-state index in [4.69, 9.17) is 0 Å². The smallest absolute Gasteiger partial charge is 0.250 e. The zero-order chi connectivity index (χ0) is 21.7. The molecule has 6 nitrogen and oxygen atoms in total. The molecular weight excluding hydrogens is 396 g/mol. The second-order valence-corrected chi connectivity index (χ2v) is 9.08. The molecule has 2 aromatic rings. The van der Waals surface area contributed by atoms with Crippen molar-refractivity contribution in [3.8, 4) is 0 Å². The quantitative estimate of drug-likeness (QED) is 0.533. The number of carbonyl (C=O) groups is 2. The Labute approximate surface area is 182 Å². The maximum atomic E-state index is 13.3. The minimum Gasteiger partial charge on any atom is -0.341 e. The first kappa shape index (κ1) is 22.3. The van der Waals surface area contributed by atoms with Gasteiger partial charge in [0, 0.05) is 17.1 Å². The van der Waals surface area contributed by atoms with Gasteiger partial charge >= 0.3 is 0 Å². The van der Waals surface area contributed by atoms with Crippen LogP contribution in [0.15, 0.2) is 29.4 Å². The zero-order valence-electron chi connectivity index (χ0n) is 18.2. The van der Waals surface area contributed by atoms with Gasteiger partial charge in [-0.15, -0.1) is 0 Å². The highest BCUT2D eigenvalue weighted by molar-refractivity contribution is 7.99. The topological polar surface area (TPSA) is 84.0 Å². The molecule has 0 bridgehead atoms. The Hall–Kier alpha value is -2.41. The monoisotopic (exact) mass is 426 g/mol. The minimum absolute atomic E-state index is 0.124. The average Bonchev–Trinajstić information content (AvgIpc) is 2.69. The zero-order valence-corrected chi connectivity index (χ0v) is 19.0. The van der Waals surface area contributed by atoms with Crippen molar-refractivity contribution < 1.29 is 9.59 Å². The van der Waals surface area contributed by atoms with E-state index < -0.39 is 5.54 Å². The van der Waals surface area contributed by atoms with Gasteiger partial charge in [0.05, 0.1) is 5.75 Å². The normalized spacial score (nSPS) is 15.5. The molecule has 1 saturated carbocycles. The summed E-state index contributed by atoms with van der Waals surface area (Å²) >= 11 is 1.30. The van der Waals surface area contributed by atoms with Gasteiger partial charge in [0.1, 0.15) is 5.54 Å². The minimum atomic E-state index is -0.867. The summed E-state index contributed by atoms with van der Waals surface area (Å²) in [7, 11) is 0. The number of aryl methyl sites for hydroxylation is 4. The van der Waals surface area contributed by atoms with Crippen LogP contribution in [0.1, 0.15) is 54.6 Å². The second kappa shape index (κ2) is 9.60. The third-order valence-electron chi connectivity index (χ3n) is 5.53. The van der Waals surface area contributed by atoms with E-state index in [1.54, 1.807) is 0 Å². The number of thioether (sulfide) groups is 1. The van der Waals surface area contributed by atoms with E-state index in [9.17, 15) is 9.59 Å². The molecule has 1 aliphatic carbocycles. The largest absolute Gasteiger partial charge is 0.341 e. The number of nitrogens with one attached hydrogen (secondary N) is 2. The lowest BCUT2D eigenvalue weighted by atomic mass is 9.80. The maximum absolute atomic E-state index is 13.3. The summed E-state index contributed by atoms with van der Waals surface area (Å²) in [4.78, 5) is 34.9. The van der Waals surface area contributed by atoms with E-state index in [-0.39, 0.29) is 17.6 Å². The molecule has 1 fully saturated rings. The summed E-state index contributed by atoms with van der Waals surface area (Å²) in [6.45, 7) is 7.78. The molecular formula is C23H30N4O2S. The van der Waals surface area contributed by atoms with E-state index in [0.717, 1.165) is 47.5 Å². The van der Waals surface area contributed by atoms with Gasteiger partial charge in [0.2, 0.25) is 11.8 Å². The first-order valence-corrected chi connectivity index (χ1v) is 11.4. The molecule has 7 heteroatoms. The molecule has 0 saturated heterocycles. The fraction of sp³-hybridized carbons (Fsp3) is 0.478. The Balaban J connectivity index is 1.71. The Morgan fingerprint density at radius 1 is 1.00 bits per heavy atom. The SMILES string of the molecule is Cc1cc(C)nc(SCC(=O)NC2(C(=O)Nc3c(C)cccc3C)CCCCC2)n1. The van der Waals surface area contributed by atoms with Gasteiger partial charge in [-0.1, -0.05) is 49.2 Å². The van der Waals surface area contributed by atoms with Gasteiger partial charge in [-0.2, -0.15) is 0 Å². The number of benzene rings is 1. The van der Waals surface area contributed by atoms with E-state index >= 15 is 0 Å². The molecule has 0 spiro atoms. The Morgan fingerprint density at radius 2 is 1.60 bits per heavy atom. The number of para-hydroxylation sites is 1. The summed E-state index contributed by atoms with van der Waals surface area (Å²) in [6, 6.07) is 7.84. The summed E-state index contributed by atoms with van der Waals surface area (Å²) in [6.07, 6.45) is 4.24. The van der Waals surface area contributed by atoms with Crippen molar-refractivity contribution in [1.82, 2.24) is 15.3 Å². The first-order valence-electron chi connectivity index (χ1n) is 10.4. The van der Waals surface area contributed by atoms with Crippen LogP contribution in [-0.2, 0) is 9.59 Å². The van der Waals surface area contributed by atoms with Crippen molar-refractivity contribution in [3.05, 3.63) is 46.8 Å². The van der Waals surface area contributed by atoms with Gasteiger partial charge in [0.25, 0.3) is 0 Å². The lowest BCUT2D eigenvalue weighted by molar-refractivity contribution is -0.130. The van der Waals surface area contributed by atoms with E-state index in [2.05, 4.69) is 20.6 Å². The second-order valence-electron chi connectivity index (χ2n) is 8.13. The predicted octanol–water partition coefficient (Wildman–Crippen LogP) is 4.26. The van der Waals surface area contributed by atoms with Crippen LogP contribution in [0.4, 0.5) is 5.69 Å². The van der Waals surface area contributed by atoms with E-state index in [0.29, 0.717) is 18.0 Å². The molecule has 0 aliphatic heterocycles. The molecule has 160 valence electrons. The fourth-order valence-corrected chi connectivity index (χ4v) is 4.75. The highest BCUT2D eigenvalue weighted by Crippen LogP contribution is 2.31. The molecule has 1 aliphatic rings. The summed E-state index contributed by atoms with van der Waals surface area (Å²) in [5.74, 6) is -0.108. The van der Waals surface area contributed by atoms with Crippen molar-refractivity contribution in [2.45, 2.75) is 70.5 Å². The molecule has 1 aromatic heterocycles. The van der Waals surface area contributed by atoms with Crippen LogP contribution in [0, 0.1) is 27.7 Å². The number of nitrogens with zero attached hydrogens (tertiary/aromatic N) is 2. The number of hydrogen-bond acceptors (Lipinski definition) is 5. The van der Waals surface area contributed by atoms with Crippen LogP contribution in [0.5, 0.6) is 0 Å². The standard InChI is InChI=1S/C23H30N4O2S/c1-15-9-8-10-16(2)20(15)26-21(29)23(11-6-5-7-12-23)27-19(28)14-30-22-24-17(3)13-18(4)25-22/h8-10,13H,5-7,11-12,14H2,1-4H3,(H,26,29)(H,27,28). The van der Waals surface area contributed by atoms with Crippen LogP contribution in [-0.4, -0.2) is 33.1 Å². The molecule has 3 rings (SSSR count). The van der Waals surface area contributed by atoms with Crippen LogP contribution in [0.2, 0.25) is 0 Å². The molecule has 0 atom stereocenters. The first-order chi connectivity index (χ1) is 14.3. The van der Waals surface area contributed by atoms with Crippen LogP contribution in [0.3, 0.4) is 0 Å². The van der Waals surface area contributed by atoms with Crippen LogP contribution in [0.25, 0.3) is 0 Å². The Bertz CT molecular complexity index is 898. The Kier molecular flexibility index (Phi) is 7.13. The van der Waals surface area contributed by atoms with Gasteiger partial charge in [-0.05, 0) is 57.7 Å². The summed E-state index contributed by atoms with van der Waals surface area (Å²) < 4.78 is 0. The van der Waals surface area contributed by atoms with Gasteiger partial charge in [0.15, 0.2) is 5.16 Å². The van der Waals surface area contributed by atoms with Crippen molar-refractivity contribution in [3.63, 3.8) is 0 Å². The van der Waals surface area contributed by atoms with Gasteiger partial charge < -0.3 is 10.6 Å². The molecule has 2 amide bonds. The van der Waals surface area contributed by atoms with Crippen LogP contribution >= 0.6 is 11.8 Å². The van der Waals surface area contributed by atoms with Crippen LogP contribution < -0.4 is 10.6 Å². The third-order valence-corrected chi connectivity index (χ3v) is 6.38. The van der Waals surface area contributed by atoms with Crippen molar-refractivity contribution in [2.75, 3.05) is 11.1 Å². The van der Waals surface area contributed by atoms with Gasteiger partial charge in [-0.3, -0.25) is 9.59 Å². The number of aromatic nitrogens is 2. The molecule has 0 unspecified atom stereocenters. The number of hydrogen-bond donors (Lipinski definition) is 2. The molecule has 30 heavy (non-hydrogen) atoms. The Morgan fingerprint density at radius 3 is 2.20 bits per heavy atom. The third kappa shape index (κ3) is 5.39. The number of rotatable bonds is 6.